The molecule has 3 rings (SSSR count). The smallest absolute Gasteiger partial charge is 0.213 e. The molecule has 0 radical (unpaired) electrons. The van der Waals surface area contributed by atoms with E-state index in [2.05, 4.69) is 39.7 Å². The Hall–Kier alpha value is -1.68. The average Bonchev–Trinajstić information content (AvgIpc) is 3.01. The summed E-state index contributed by atoms with van der Waals surface area (Å²) in [5.74, 6) is 1.57. The first-order valence-electron chi connectivity index (χ1n) is 5.47. The van der Waals surface area contributed by atoms with Crippen LogP contribution in [0.5, 0.6) is 0 Å². The Labute approximate surface area is 93.7 Å². The van der Waals surface area contributed by atoms with Gasteiger partial charge in [0, 0.05) is 24.9 Å². The van der Waals surface area contributed by atoms with Crippen molar-refractivity contribution in [1.82, 2.24) is 15.5 Å². The number of nitrogens with zero attached hydrogens (tertiary/aromatic N) is 2. The Kier molecular flexibility index (Phi) is 2.42. The molecule has 0 amide bonds. The van der Waals surface area contributed by atoms with Crippen LogP contribution in [0.2, 0.25) is 0 Å². The first kappa shape index (κ1) is 9.54. The van der Waals surface area contributed by atoms with E-state index in [4.69, 9.17) is 4.52 Å². The lowest BCUT2D eigenvalue weighted by Crippen LogP contribution is -2.10. The van der Waals surface area contributed by atoms with E-state index in [9.17, 15) is 0 Å². The summed E-state index contributed by atoms with van der Waals surface area (Å²) in [6.07, 6.45) is 1.40. The molecule has 2 heterocycles. The normalized spacial score (nSPS) is 24.8. The first-order chi connectivity index (χ1) is 7.95. The fraction of sp³-hybridized carbons (Fsp3) is 0.333. The minimum Gasteiger partial charge on any atom is -0.343 e. The molecule has 2 aromatic rings. The van der Waals surface area contributed by atoms with E-state index in [1.54, 1.807) is 0 Å². The summed E-state index contributed by atoms with van der Waals surface area (Å²) in [5, 5.41) is 7.34. The number of rotatable bonds is 2. The van der Waals surface area contributed by atoms with E-state index in [1.165, 1.54) is 12.0 Å². The van der Waals surface area contributed by atoms with Gasteiger partial charge in [-0.05, 0) is 5.56 Å². The first-order valence-corrected chi connectivity index (χ1v) is 5.47. The highest BCUT2D eigenvalue weighted by Gasteiger charge is 2.32. The highest BCUT2D eigenvalue weighted by atomic mass is 16.5. The van der Waals surface area contributed by atoms with Crippen LogP contribution in [0, 0.1) is 0 Å². The molecule has 1 aliphatic rings. The third-order valence-electron chi connectivity index (χ3n) is 3.15. The van der Waals surface area contributed by atoms with Gasteiger partial charge < -0.3 is 9.84 Å². The molecule has 1 aromatic heterocycles. The molecule has 0 aliphatic carbocycles. The number of aromatic nitrogens is 2. The van der Waals surface area contributed by atoms with Crippen LogP contribution in [0.1, 0.15) is 23.2 Å². The molecule has 0 saturated carbocycles. The summed E-state index contributed by atoms with van der Waals surface area (Å²) in [6, 6.07) is 10.5. The van der Waals surface area contributed by atoms with Crippen molar-refractivity contribution in [2.75, 3.05) is 13.1 Å². The molecule has 0 unspecified atom stereocenters. The molecule has 1 aliphatic heterocycles. The van der Waals surface area contributed by atoms with E-state index in [-0.39, 0.29) is 0 Å². The molecule has 0 bridgehead atoms. The second kappa shape index (κ2) is 4.06. The van der Waals surface area contributed by atoms with E-state index in [1.807, 2.05) is 6.07 Å². The lowest BCUT2D eigenvalue weighted by atomic mass is 9.88. The Morgan fingerprint density at radius 1 is 1.12 bits per heavy atom. The van der Waals surface area contributed by atoms with Crippen LogP contribution in [0.15, 0.2) is 41.2 Å². The Bertz CT molecular complexity index is 441. The Morgan fingerprint density at radius 2 is 1.94 bits per heavy atom. The van der Waals surface area contributed by atoms with E-state index in [0.717, 1.165) is 18.9 Å². The van der Waals surface area contributed by atoms with Gasteiger partial charge >= 0.3 is 0 Å². The molecule has 2 atom stereocenters. The third-order valence-corrected chi connectivity index (χ3v) is 3.15. The van der Waals surface area contributed by atoms with Gasteiger partial charge in [0.25, 0.3) is 0 Å². The molecule has 4 nitrogen and oxygen atoms in total. The van der Waals surface area contributed by atoms with E-state index >= 15 is 0 Å². The van der Waals surface area contributed by atoms with Crippen LogP contribution in [0.3, 0.4) is 0 Å². The maximum absolute atomic E-state index is 4.82. The number of hydrogen-bond donors (Lipinski definition) is 1. The third kappa shape index (κ3) is 1.61. The maximum Gasteiger partial charge on any atom is 0.213 e. The molecule has 0 spiro atoms. The molecule has 16 heavy (non-hydrogen) atoms. The van der Waals surface area contributed by atoms with Crippen LogP contribution in [0.4, 0.5) is 0 Å². The van der Waals surface area contributed by atoms with Gasteiger partial charge in [-0.1, -0.05) is 35.5 Å². The van der Waals surface area contributed by atoms with Crippen LogP contribution >= 0.6 is 0 Å². The summed E-state index contributed by atoms with van der Waals surface area (Å²) >= 11 is 0. The van der Waals surface area contributed by atoms with Gasteiger partial charge in [0.15, 0.2) is 5.82 Å². The zero-order chi connectivity index (χ0) is 10.8. The van der Waals surface area contributed by atoms with Gasteiger partial charge in [-0.15, -0.1) is 0 Å². The van der Waals surface area contributed by atoms with Gasteiger partial charge in [0.2, 0.25) is 6.39 Å². The molecule has 82 valence electrons. The van der Waals surface area contributed by atoms with E-state index in [0.29, 0.717) is 11.8 Å². The minimum atomic E-state index is 0.321. The zero-order valence-electron chi connectivity index (χ0n) is 8.84. The molecule has 1 N–H and O–H groups in total. The standard InChI is InChI=1S/C12H13N3O/c1-2-4-9(5-3-1)10-6-13-7-11(10)12-14-8-16-15-12/h1-5,8,10-11,13H,6-7H2/t10-,11-/m0/s1. The van der Waals surface area contributed by atoms with Crippen molar-refractivity contribution >= 4 is 0 Å². The quantitative estimate of drug-likeness (QED) is 0.825. The predicted octanol–water partition coefficient (Wildman–Crippen LogP) is 1.54. The lowest BCUT2D eigenvalue weighted by Gasteiger charge is -2.15. The van der Waals surface area contributed by atoms with Crippen LogP contribution < -0.4 is 5.32 Å². The van der Waals surface area contributed by atoms with Crippen molar-refractivity contribution in [3.05, 3.63) is 48.1 Å². The summed E-state index contributed by atoms with van der Waals surface area (Å²) in [5.41, 5.74) is 1.34. The average molecular weight is 215 g/mol. The molecule has 1 saturated heterocycles. The Morgan fingerprint density at radius 3 is 2.69 bits per heavy atom. The van der Waals surface area contributed by atoms with Crippen LogP contribution in [0.25, 0.3) is 0 Å². The van der Waals surface area contributed by atoms with Gasteiger partial charge in [0.1, 0.15) is 0 Å². The van der Waals surface area contributed by atoms with Gasteiger partial charge in [-0.3, -0.25) is 0 Å². The number of hydrogen-bond acceptors (Lipinski definition) is 4. The number of nitrogens with one attached hydrogen (secondary N) is 1. The second-order valence-electron chi connectivity index (χ2n) is 4.07. The summed E-state index contributed by atoms with van der Waals surface area (Å²) in [6.45, 7) is 1.89. The highest BCUT2D eigenvalue weighted by molar-refractivity contribution is 5.25. The SMILES string of the molecule is c1ccc([C@@H]2CNC[C@@H]2c2ncon2)cc1. The second-order valence-corrected chi connectivity index (χ2v) is 4.07. The fourth-order valence-electron chi connectivity index (χ4n) is 2.34. The largest absolute Gasteiger partial charge is 0.343 e. The van der Waals surface area contributed by atoms with Gasteiger partial charge in [-0.25, -0.2) is 0 Å². The van der Waals surface area contributed by atoms with Crippen molar-refractivity contribution in [1.29, 1.82) is 0 Å². The zero-order valence-corrected chi connectivity index (χ0v) is 8.84. The molecular weight excluding hydrogens is 202 g/mol. The van der Waals surface area contributed by atoms with E-state index < -0.39 is 0 Å². The molecule has 4 heteroatoms. The van der Waals surface area contributed by atoms with Crippen molar-refractivity contribution in [2.24, 2.45) is 0 Å². The maximum atomic E-state index is 4.82. The Balaban J connectivity index is 1.90. The van der Waals surface area contributed by atoms with Crippen molar-refractivity contribution in [2.45, 2.75) is 11.8 Å². The predicted molar refractivity (Wildman–Crippen MR) is 59.1 cm³/mol. The molecular formula is C12H13N3O. The topological polar surface area (TPSA) is 51.0 Å². The summed E-state index contributed by atoms with van der Waals surface area (Å²) < 4.78 is 4.82. The molecule has 1 aromatic carbocycles. The summed E-state index contributed by atoms with van der Waals surface area (Å²) in [4.78, 5) is 4.16. The summed E-state index contributed by atoms with van der Waals surface area (Å²) in [7, 11) is 0. The molecule has 1 fully saturated rings. The number of benzene rings is 1. The highest BCUT2D eigenvalue weighted by Crippen LogP contribution is 2.33. The van der Waals surface area contributed by atoms with Crippen molar-refractivity contribution in [3.8, 4) is 0 Å². The monoisotopic (exact) mass is 215 g/mol. The van der Waals surface area contributed by atoms with Crippen molar-refractivity contribution < 1.29 is 4.52 Å². The fourth-order valence-corrected chi connectivity index (χ4v) is 2.34. The van der Waals surface area contributed by atoms with Crippen molar-refractivity contribution in [3.63, 3.8) is 0 Å². The van der Waals surface area contributed by atoms with Gasteiger partial charge in [0.05, 0.1) is 0 Å². The van der Waals surface area contributed by atoms with Crippen LogP contribution in [-0.4, -0.2) is 23.2 Å². The van der Waals surface area contributed by atoms with Crippen LogP contribution in [-0.2, 0) is 0 Å². The lowest BCUT2D eigenvalue weighted by molar-refractivity contribution is 0.403. The van der Waals surface area contributed by atoms with Gasteiger partial charge in [-0.2, -0.15) is 4.98 Å². The minimum absolute atomic E-state index is 0.321.